The van der Waals surface area contributed by atoms with E-state index in [9.17, 15) is 14.0 Å². The number of carbonyl (C=O) groups excluding carboxylic acids is 2. The number of benzene rings is 1. The highest BCUT2D eigenvalue weighted by molar-refractivity contribution is 7.10. The highest BCUT2D eigenvalue weighted by Crippen LogP contribution is 2.25. The van der Waals surface area contributed by atoms with Gasteiger partial charge in [0.2, 0.25) is 5.91 Å². The molecule has 0 radical (unpaired) electrons. The number of thiophene rings is 1. The number of rotatable bonds is 7. The molecule has 1 atom stereocenters. The van der Waals surface area contributed by atoms with Gasteiger partial charge in [-0.15, -0.1) is 11.3 Å². The number of hydrogen-bond acceptors (Lipinski definition) is 3. The Hall–Kier alpha value is -2.01. The zero-order valence-electron chi connectivity index (χ0n) is 13.2. The zero-order valence-corrected chi connectivity index (χ0v) is 14.0. The molecule has 5 heteroatoms. The van der Waals surface area contributed by atoms with Crippen LogP contribution in [0.2, 0.25) is 0 Å². The second-order valence-electron chi connectivity index (χ2n) is 5.73. The van der Waals surface area contributed by atoms with Gasteiger partial charge in [-0.25, -0.2) is 4.39 Å². The molecular formula is C18H20FNO2S. The van der Waals surface area contributed by atoms with Gasteiger partial charge < -0.3 is 5.32 Å². The van der Waals surface area contributed by atoms with Gasteiger partial charge in [-0.1, -0.05) is 19.9 Å². The Morgan fingerprint density at radius 3 is 2.39 bits per heavy atom. The summed E-state index contributed by atoms with van der Waals surface area (Å²) < 4.78 is 12.8. The molecule has 0 unspecified atom stereocenters. The number of nitrogens with one attached hydrogen (secondary N) is 1. The van der Waals surface area contributed by atoms with Crippen LogP contribution in [0, 0.1) is 11.7 Å². The van der Waals surface area contributed by atoms with Gasteiger partial charge in [-0.2, -0.15) is 0 Å². The first-order valence-electron chi connectivity index (χ1n) is 7.59. The van der Waals surface area contributed by atoms with Crippen LogP contribution in [0.3, 0.4) is 0 Å². The summed E-state index contributed by atoms with van der Waals surface area (Å²) in [7, 11) is 0. The monoisotopic (exact) mass is 333 g/mol. The minimum Gasteiger partial charge on any atom is -0.348 e. The highest BCUT2D eigenvalue weighted by atomic mass is 32.1. The van der Waals surface area contributed by atoms with Gasteiger partial charge in [-0.3, -0.25) is 9.59 Å². The molecule has 1 N–H and O–H groups in total. The van der Waals surface area contributed by atoms with Gasteiger partial charge in [0.05, 0.1) is 6.04 Å². The molecule has 0 aliphatic heterocycles. The van der Waals surface area contributed by atoms with Crippen LogP contribution < -0.4 is 5.32 Å². The van der Waals surface area contributed by atoms with Gasteiger partial charge >= 0.3 is 0 Å². The van der Waals surface area contributed by atoms with Crippen LogP contribution in [0.1, 0.15) is 48.0 Å². The maximum Gasteiger partial charge on any atom is 0.220 e. The number of halogens is 1. The summed E-state index contributed by atoms with van der Waals surface area (Å²) in [5.74, 6) is -0.412. The maximum atomic E-state index is 12.8. The Morgan fingerprint density at radius 1 is 1.13 bits per heavy atom. The normalized spacial score (nSPS) is 12.2. The molecule has 122 valence electrons. The predicted octanol–water partition coefficient (Wildman–Crippen LogP) is 4.36. The molecule has 0 saturated carbocycles. The van der Waals surface area contributed by atoms with E-state index in [2.05, 4.69) is 5.32 Å². The standard InChI is InChI=1S/C18H20FNO2S/c1-12(2)18(16-4-3-11-23-16)20-17(22)10-9-15(21)13-5-7-14(19)8-6-13/h3-8,11-12,18H,9-10H2,1-2H3,(H,20,22)/t18-/m0/s1. The quantitative estimate of drug-likeness (QED) is 0.765. The van der Waals surface area contributed by atoms with Gasteiger partial charge in [0, 0.05) is 23.3 Å². The summed E-state index contributed by atoms with van der Waals surface area (Å²) in [5.41, 5.74) is 0.429. The fourth-order valence-electron chi connectivity index (χ4n) is 2.29. The number of hydrogen-bond donors (Lipinski definition) is 1. The van der Waals surface area contributed by atoms with Crippen molar-refractivity contribution in [3.63, 3.8) is 0 Å². The van der Waals surface area contributed by atoms with E-state index in [0.29, 0.717) is 5.56 Å². The average Bonchev–Trinajstić information content (AvgIpc) is 3.04. The van der Waals surface area contributed by atoms with Crippen LogP contribution in [0.15, 0.2) is 41.8 Å². The molecule has 1 aromatic heterocycles. The molecule has 0 spiro atoms. The van der Waals surface area contributed by atoms with Crippen molar-refractivity contribution in [1.82, 2.24) is 5.32 Å². The highest BCUT2D eigenvalue weighted by Gasteiger charge is 2.19. The summed E-state index contributed by atoms with van der Waals surface area (Å²) in [6.07, 6.45) is 0.248. The Kier molecular flexibility index (Phi) is 6.04. The summed E-state index contributed by atoms with van der Waals surface area (Å²) in [6, 6.07) is 9.30. The third-order valence-electron chi connectivity index (χ3n) is 3.58. The predicted molar refractivity (Wildman–Crippen MR) is 90.0 cm³/mol. The van der Waals surface area contributed by atoms with Gasteiger partial charge in [0.15, 0.2) is 5.78 Å². The van der Waals surface area contributed by atoms with Crippen molar-refractivity contribution in [2.45, 2.75) is 32.7 Å². The second kappa shape index (κ2) is 8.02. The van der Waals surface area contributed by atoms with Crippen LogP contribution in [-0.4, -0.2) is 11.7 Å². The third-order valence-corrected chi connectivity index (χ3v) is 4.53. The summed E-state index contributed by atoms with van der Waals surface area (Å²) in [5, 5.41) is 4.98. The van der Waals surface area contributed by atoms with Crippen molar-refractivity contribution in [2.75, 3.05) is 0 Å². The maximum absolute atomic E-state index is 12.8. The molecule has 0 bridgehead atoms. The van der Waals surface area contributed by atoms with E-state index in [4.69, 9.17) is 0 Å². The van der Waals surface area contributed by atoms with Crippen LogP contribution >= 0.6 is 11.3 Å². The lowest BCUT2D eigenvalue weighted by Crippen LogP contribution is -2.31. The SMILES string of the molecule is CC(C)[C@H](NC(=O)CCC(=O)c1ccc(F)cc1)c1cccs1. The van der Waals surface area contributed by atoms with Crippen molar-refractivity contribution >= 4 is 23.0 Å². The minimum absolute atomic E-state index is 0.0385. The number of ketones is 1. The first-order chi connectivity index (χ1) is 11.0. The number of Topliss-reactive ketones (excluding diaryl/α,β-unsaturated/α-hetero) is 1. The average molecular weight is 333 g/mol. The van der Waals surface area contributed by atoms with Crippen LogP contribution in [0.5, 0.6) is 0 Å². The molecule has 2 aromatic rings. The van der Waals surface area contributed by atoms with E-state index < -0.39 is 0 Å². The van der Waals surface area contributed by atoms with Crippen LogP contribution in [-0.2, 0) is 4.79 Å². The summed E-state index contributed by atoms with van der Waals surface area (Å²) >= 11 is 1.61. The molecule has 1 aromatic carbocycles. The molecule has 1 heterocycles. The lowest BCUT2D eigenvalue weighted by Gasteiger charge is -2.21. The summed E-state index contributed by atoms with van der Waals surface area (Å²) in [4.78, 5) is 25.2. The molecule has 23 heavy (non-hydrogen) atoms. The zero-order chi connectivity index (χ0) is 16.8. The second-order valence-corrected chi connectivity index (χ2v) is 6.71. The number of carbonyl (C=O) groups is 2. The van der Waals surface area contributed by atoms with E-state index in [0.717, 1.165) is 4.88 Å². The van der Waals surface area contributed by atoms with Crippen molar-refractivity contribution in [3.05, 3.63) is 58.0 Å². The third kappa shape index (κ3) is 4.99. The van der Waals surface area contributed by atoms with Crippen LogP contribution in [0.25, 0.3) is 0 Å². The largest absolute Gasteiger partial charge is 0.348 e. The van der Waals surface area contributed by atoms with Crippen LogP contribution in [0.4, 0.5) is 4.39 Å². The Morgan fingerprint density at radius 2 is 1.83 bits per heavy atom. The molecule has 0 aliphatic rings. The van der Waals surface area contributed by atoms with E-state index >= 15 is 0 Å². The Balaban J connectivity index is 1.89. The first-order valence-corrected chi connectivity index (χ1v) is 8.47. The number of amides is 1. The lowest BCUT2D eigenvalue weighted by atomic mass is 10.0. The fourth-order valence-corrected chi connectivity index (χ4v) is 3.24. The molecule has 0 fully saturated rings. The molecule has 1 amide bonds. The van der Waals surface area contributed by atoms with Gasteiger partial charge in [0.25, 0.3) is 0 Å². The lowest BCUT2D eigenvalue weighted by molar-refractivity contribution is -0.122. The van der Waals surface area contributed by atoms with Gasteiger partial charge in [0.1, 0.15) is 5.82 Å². The first kappa shape index (κ1) is 17.3. The van der Waals surface area contributed by atoms with Crippen molar-refractivity contribution in [1.29, 1.82) is 0 Å². The van der Waals surface area contributed by atoms with Gasteiger partial charge in [-0.05, 0) is 41.6 Å². The molecule has 0 aliphatic carbocycles. The molecule has 0 saturated heterocycles. The van der Waals surface area contributed by atoms with Crippen molar-refractivity contribution < 1.29 is 14.0 Å². The van der Waals surface area contributed by atoms with Crippen molar-refractivity contribution in [3.8, 4) is 0 Å². The van der Waals surface area contributed by atoms with E-state index in [-0.39, 0.29) is 42.3 Å². The minimum atomic E-state index is -0.380. The Bertz CT molecular complexity index is 650. The Labute approximate surface area is 139 Å². The molecule has 2 rings (SSSR count). The topological polar surface area (TPSA) is 46.2 Å². The van der Waals surface area contributed by atoms with E-state index in [1.807, 2.05) is 31.4 Å². The molecule has 3 nitrogen and oxygen atoms in total. The van der Waals surface area contributed by atoms with Crippen molar-refractivity contribution in [2.24, 2.45) is 5.92 Å². The smallest absolute Gasteiger partial charge is 0.220 e. The molecular weight excluding hydrogens is 313 g/mol. The fraction of sp³-hybridized carbons (Fsp3) is 0.333. The summed E-state index contributed by atoms with van der Waals surface area (Å²) in [6.45, 7) is 4.10. The van der Waals surface area contributed by atoms with E-state index in [1.165, 1.54) is 24.3 Å². The van der Waals surface area contributed by atoms with E-state index in [1.54, 1.807) is 11.3 Å².